The van der Waals surface area contributed by atoms with Crippen molar-refractivity contribution in [1.29, 1.82) is 0 Å². The second-order valence-corrected chi connectivity index (χ2v) is 7.32. The van der Waals surface area contributed by atoms with Gasteiger partial charge < -0.3 is 10.1 Å². The van der Waals surface area contributed by atoms with Gasteiger partial charge in [0.25, 0.3) is 11.5 Å². The fourth-order valence-electron chi connectivity index (χ4n) is 3.30. The molecule has 0 saturated heterocycles. The molecule has 0 radical (unpaired) electrons. The highest BCUT2D eigenvalue weighted by molar-refractivity contribution is 6.02. The first kappa shape index (κ1) is 21.9. The van der Waals surface area contributed by atoms with E-state index in [0.717, 1.165) is 5.56 Å². The number of benzene rings is 3. The van der Waals surface area contributed by atoms with Crippen LogP contribution in [0.5, 0.6) is 0 Å². The summed E-state index contributed by atoms with van der Waals surface area (Å²) < 4.78 is 19.3. The molecule has 0 aliphatic carbocycles. The average molecular weight is 445 g/mol. The predicted molar refractivity (Wildman–Crippen MR) is 120 cm³/mol. The van der Waals surface area contributed by atoms with Crippen LogP contribution in [-0.2, 0) is 22.6 Å². The molecule has 0 aliphatic heterocycles. The second kappa shape index (κ2) is 9.86. The zero-order valence-electron chi connectivity index (χ0n) is 17.5. The normalized spacial score (nSPS) is 10.7. The van der Waals surface area contributed by atoms with Crippen molar-refractivity contribution in [2.24, 2.45) is 0 Å². The van der Waals surface area contributed by atoms with Crippen molar-refractivity contribution < 1.29 is 18.7 Å². The lowest BCUT2D eigenvalue weighted by Gasteiger charge is -2.11. The first-order valence-electron chi connectivity index (χ1n) is 10.2. The molecule has 33 heavy (non-hydrogen) atoms. The zero-order valence-corrected chi connectivity index (χ0v) is 17.5. The van der Waals surface area contributed by atoms with Gasteiger partial charge in [-0.15, -0.1) is 0 Å². The van der Waals surface area contributed by atoms with Crippen molar-refractivity contribution in [2.45, 2.75) is 13.1 Å². The SMILES string of the molecule is O=C(COC(=O)c1nn(Cc2ccccc2)c(=O)c2ccccc12)NCc1ccc(F)cc1. The van der Waals surface area contributed by atoms with Gasteiger partial charge in [-0.3, -0.25) is 9.59 Å². The number of carbonyl (C=O) groups excluding carboxylic acids is 2. The Morgan fingerprint density at radius 2 is 1.55 bits per heavy atom. The molecule has 0 fully saturated rings. The van der Waals surface area contributed by atoms with Crippen LogP contribution in [0.4, 0.5) is 4.39 Å². The summed E-state index contributed by atoms with van der Waals surface area (Å²) in [5.74, 6) is -1.70. The minimum absolute atomic E-state index is 0.0486. The lowest BCUT2D eigenvalue weighted by atomic mass is 10.1. The predicted octanol–water partition coefficient (Wildman–Crippen LogP) is 3.06. The summed E-state index contributed by atoms with van der Waals surface area (Å²) in [7, 11) is 0. The Bertz CT molecular complexity index is 1350. The van der Waals surface area contributed by atoms with Gasteiger partial charge in [-0.25, -0.2) is 13.9 Å². The third-order valence-corrected chi connectivity index (χ3v) is 4.97. The molecular weight excluding hydrogens is 425 g/mol. The molecule has 0 saturated carbocycles. The summed E-state index contributed by atoms with van der Waals surface area (Å²) in [4.78, 5) is 37.8. The van der Waals surface area contributed by atoms with E-state index in [-0.39, 0.29) is 30.2 Å². The van der Waals surface area contributed by atoms with Crippen molar-refractivity contribution in [1.82, 2.24) is 15.1 Å². The number of ether oxygens (including phenoxy) is 1. The number of carbonyl (C=O) groups is 2. The molecule has 1 amide bonds. The standard InChI is InChI=1S/C25H20FN3O4/c26-19-12-10-17(11-13-19)14-27-22(30)16-33-25(32)23-20-8-4-5-9-21(20)24(31)29(28-23)15-18-6-2-1-3-7-18/h1-13H,14-16H2,(H,27,30). The van der Waals surface area contributed by atoms with Crippen molar-refractivity contribution in [3.63, 3.8) is 0 Å². The molecule has 0 aliphatic rings. The van der Waals surface area contributed by atoms with Gasteiger partial charge in [0.2, 0.25) is 0 Å². The van der Waals surface area contributed by atoms with Gasteiger partial charge in [-0.05, 0) is 29.3 Å². The van der Waals surface area contributed by atoms with E-state index < -0.39 is 18.5 Å². The van der Waals surface area contributed by atoms with Gasteiger partial charge in [0, 0.05) is 11.9 Å². The lowest BCUT2D eigenvalue weighted by molar-refractivity contribution is -0.124. The van der Waals surface area contributed by atoms with Crippen LogP contribution in [-0.4, -0.2) is 28.3 Å². The van der Waals surface area contributed by atoms with Crippen LogP contribution in [0.1, 0.15) is 21.6 Å². The van der Waals surface area contributed by atoms with Crippen LogP contribution in [0, 0.1) is 5.82 Å². The number of fused-ring (bicyclic) bond motifs is 1. The molecule has 0 atom stereocenters. The Hall–Kier alpha value is -4.33. The first-order chi connectivity index (χ1) is 16.0. The summed E-state index contributed by atoms with van der Waals surface area (Å²) in [6.45, 7) is -0.170. The van der Waals surface area contributed by atoms with E-state index in [1.54, 1.807) is 36.4 Å². The lowest BCUT2D eigenvalue weighted by Crippen LogP contribution is -2.30. The Morgan fingerprint density at radius 3 is 2.27 bits per heavy atom. The molecule has 8 heteroatoms. The van der Waals surface area contributed by atoms with Gasteiger partial charge in [-0.1, -0.05) is 60.7 Å². The highest BCUT2D eigenvalue weighted by atomic mass is 19.1. The molecule has 4 aromatic rings. The Morgan fingerprint density at radius 1 is 0.879 bits per heavy atom. The highest BCUT2D eigenvalue weighted by Crippen LogP contribution is 2.15. The minimum Gasteiger partial charge on any atom is -0.451 e. The molecule has 0 bridgehead atoms. The number of hydrogen-bond acceptors (Lipinski definition) is 5. The maximum Gasteiger partial charge on any atom is 0.359 e. The molecule has 3 aromatic carbocycles. The van der Waals surface area contributed by atoms with Crippen molar-refractivity contribution in [2.75, 3.05) is 6.61 Å². The van der Waals surface area contributed by atoms with Gasteiger partial charge in [0.15, 0.2) is 12.3 Å². The molecule has 0 unspecified atom stereocenters. The van der Waals surface area contributed by atoms with Crippen LogP contribution in [0.2, 0.25) is 0 Å². The van der Waals surface area contributed by atoms with Crippen LogP contribution in [0.15, 0.2) is 83.7 Å². The van der Waals surface area contributed by atoms with Gasteiger partial charge >= 0.3 is 5.97 Å². The molecule has 4 rings (SSSR count). The monoisotopic (exact) mass is 445 g/mol. The fourth-order valence-corrected chi connectivity index (χ4v) is 3.30. The number of esters is 1. The molecule has 1 heterocycles. The van der Waals surface area contributed by atoms with Crippen LogP contribution >= 0.6 is 0 Å². The topological polar surface area (TPSA) is 90.3 Å². The summed E-state index contributed by atoms with van der Waals surface area (Å²) in [6.07, 6.45) is 0. The van der Waals surface area contributed by atoms with Gasteiger partial charge in [0.1, 0.15) is 5.82 Å². The molecule has 1 N–H and O–H groups in total. The minimum atomic E-state index is -0.815. The molecule has 0 spiro atoms. The van der Waals surface area contributed by atoms with Gasteiger partial charge in [-0.2, -0.15) is 5.10 Å². The fraction of sp³-hybridized carbons (Fsp3) is 0.120. The number of aromatic nitrogens is 2. The summed E-state index contributed by atoms with van der Waals surface area (Å²) in [5.41, 5.74) is 1.18. The van der Waals surface area contributed by atoms with E-state index in [2.05, 4.69) is 10.4 Å². The Kier molecular flexibility index (Phi) is 6.54. The number of rotatable bonds is 7. The van der Waals surface area contributed by atoms with Gasteiger partial charge in [0.05, 0.1) is 11.9 Å². The third kappa shape index (κ3) is 5.30. The van der Waals surface area contributed by atoms with Crippen LogP contribution in [0.25, 0.3) is 10.8 Å². The number of amides is 1. The van der Waals surface area contributed by atoms with Crippen molar-refractivity contribution in [3.05, 3.63) is 112 Å². The first-order valence-corrected chi connectivity index (χ1v) is 10.2. The molecule has 166 valence electrons. The summed E-state index contributed by atoms with van der Waals surface area (Å²) >= 11 is 0. The quantitative estimate of drug-likeness (QED) is 0.442. The number of nitrogens with one attached hydrogen (secondary N) is 1. The zero-order chi connectivity index (χ0) is 23.2. The van der Waals surface area contributed by atoms with Crippen molar-refractivity contribution in [3.8, 4) is 0 Å². The van der Waals surface area contributed by atoms with E-state index in [1.165, 1.54) is 16.8 Å². The van der Waals surface area contributed by atoms with Crippen LogP contribution < -0.4 is 10.9 Å². The van der Waals surface area contributed by atoms with E-state index in [9.17, 15) is 18.8 Å². The number of nitrogens with zero attached hydrogens (tertiary/aromatic N) is 2. The summed E-state index contributed by atoms with van der Waals surface area (Å²) in [6, 6.07) is 21.6. The maximum absolute atomic E-state index is 13.0. The highest BCUT2D eigenvalue weighted by Gasteiger charge is 2.19. The maximum atomic E-state index is 13.0. The largest absolute Gasteiger partial charge is 0.451 e. The second-order valence-electron chi connectivity index (χ2n) is 7.32. The van der Waals surface area contributed by atoms with E-state index in [1.807, 2.05) is 30.3 Å². The van der Waals surface area contributed by atoms with E-state index in [0.29, 0.717) is 16.3 Å². The number of halogens is 1. The van der Waals surface area contributed by atoms with E-state index in [4.69, 9.17) is 4.74 Å². The van der Waals surface area contributed by atoms with Crippen LogP contribution in [0.3, 0.4) is 0 Å². The summed E-state index contributed by atoms with van der Waals surface area (Å²) in [5, 5.41) is 7.52. The van der Waals surface area contributed by atoms with E-state index >= 15 is 0 Å². The molecule has 1 aromatic heterocycles. The molecular formula is C25H20FN3O4. The molecule has 7 nitrogen and oxygen atoms in total. The third-order valence-electron chi connectivity index (χ3n) is 4.97. The average Bonchev–Trinajstić information content (AvgIpc) is 2.84. The smallest absolute Gasteiger partial charge is 0.359 e. The number of hydrogen-bond donors (Lipinski definition) is 1. The Labute approximate surface area is 188 Å². The van der Waals surface area contributed by atoms with Crippen molar-refractivity contribution >= 4 is 22.6 Å². The Balaban J connectivity index is 1.49.